The van der Waals surface area contributed by atoms with E-state index in [4.69, 9.17) is 5.11 Å². The highest BCUT2D eigenvalue weighted by molar-refractivity contribution is 7.09. The van der Waals surface area contributed by atoms with Gasteiger partial charge in [0.2, 0.25) is 5.91 Å². The number of aromatic nitrogens is 1. The highest BCUT2D eigenvalue weighted by atomic mass is 32.1. The summed E-state index contributed by atoms with van der Waals surface area (Å²) in [7, 11) is 0. The van der Waals surface area contributed by atoms with Gasteiger partial charge >= 0.3 is 5.97 Å². The number of carboxylic acid groups (broad SMARTS) is 1. The Morgan fingerprint density at radius 2 is 2.47 bits per heavy atom. The van der Waals surface area contributed by atoms with Crippen molar-refractivity contribution in [1.29, 1.82) is 0 Å². The molecule has 1 aromatic rings. The number of hydrogen-bond acceptors (Lipinski definition) is 5. The first-order chi connectivity index (χ1) is 9.08. The van der Waals surface area contributed by atoms with Gasteiger partial charge < -0.3 is 10.4 Å². The fourth-order valence-electron chi connectivity index (χ4n) is 2.23. The van der Waals surface area contributed by atoms with Gasteiger partial charge in [-0.05, 0) is 13.3 Å². The van der Waals surface area contributed by atoms with E-state index in [1.54, 1.807) is 11.3 Å². The summed E-state index contributed by atoms with van der Waals surface area (Å²) in [6, 6.07) is -0.556. The average Bonchev–Trinajstić information content (AvgIpc) is 2.75. The van der Waals surface area contributed by atoms with Crippen LogP contribution in [0.3, 0.4) is 0 Å². The van der Waals surface area contributed by atoms with Crippen LogP contribution in [0.5, 0.6) is 0 Å². The van der Waals surface area contributed by atoms with Gasteiger partial charge in [-0.25, -0.2) is 4.98 Å². The summed E-state index contributed by atoms with van der Waals surface area (Å²) in [5.74, 6) is -1.13. The van der Waals surface area contributed by atoms with E-state index in [9.17, 15) is 9.59 Å². The molecule has 19 heavy (non-hydrogen) atoms. The van der Waals surface area contributed by atoms with Gasteiger partial charge in [0, 0.05) is 24.5 Å². The van der Waals surface area contributed by atoms with Crippen LogP contribution >= 0.6 is 11.3 Å². The van der Waals surface area contributed by atoms with Gasteiger partial charge in [-0.15, -0.1) is 11.3 Å². The number of piperazine rings is 1. The van der Waals surface area contributed by atoms with Gasteiger partial charge in [0.15, 0.2) is 0 Å². The van der Waals surface area contributed by atoms with Crippen molar-refractivity contribution in [3.63, 3.8) is 0 Å². The zero-order valence-electron chi connectivity index (χ0n) is 10.8. The topological polar surface area (TPSA) is 82.5 Å². The van der Waals surface area contributed by atoms with Gasteiger partial charge in [0.25, 0.3) is 0 Å². The van der Waals surface area contributed by atoms with Crippen LogP contribution in [0.4, 0.5) is 0 Å². The predicted molar refractivity (Wildman–Crippen MR) is 71.2 cm³/mol. The maximum Gasteiger partial charge on any atom is 0.305 e. The van der Waals surface area contributed by atoms with Gasteiger partial charge in [-0.1, -0.05) is 0 Å². The molecular formula is C12H17N3O3S. The summed E-state index contributed by atoms with van der Waals surface area (Å²) in [5, 5.41) is 11.6. The van der Waals surface area contributed by atoms with E-state index in [0.29, 0.717) is 19.6 Å². The Balaban J connectivity index is 1.98. The number of nitrogens with one attached hydrogen (secondary N) is 1. The van der Waals surface area contributed by atoms with Crippen LogP contribution in [0.2, 0.25) is 0 Å². The molecule has 1 amide bonds. The fourth-order valence-corrected chi connectivity index (χ4v) is 3.00. The lowest BCUT2D eigenvalue weighted by Crippen LogP contribution is -2.56. The van der Waals surface area contributed by atoms with Gasteiger partial charge in [0.1, 0.15) is 0 Å². The molecule has 2 rings (SSSR count). The average molecular weight is 283 g/mol. The Kier molecular flexibility index (Phi) is 4.49. The summed E-state index contributed by atoms with van der Waals surface area (Å²) >= 11 is 1.60. The molecule has 0 aliphatic carbocycles. The third kappa shape index (κ3) is 3.51. The maximum absolute atomic E-state index is 11.7. The van der Waals surface area contributed by atoms with E-state index in [1.165, 1.54) is 4.88 Å². The lowest BCUT2D eigenvalue weighted by atomic mass is 10.1. The third-order valence-corrected chi connectivity index (χ3v) is 4.28. The molecule has 0 spiro atoms. The van der Waals surface area contributed by atoms with Crippen molar-refractivity contribution in [2.75, 3.05) is 19.6 Å². The third-order valence-electron chi connectivity index (χ3n) is 3.28. The molecule has 0 aromatic carbocycles. The van der Waals surface area contributed by atoms with E-state index in [0.717, 1.165) is 12.1 Å². The van der Waals surface area contributed by atoms with Crippen LogP contribution in [0.15, 0.2) is 5.51 Å². The van der Waals surface area contributed by atoms with Crippen molar-refractivity contribution < 1.29 is 14.7 Å². The molecule has 1 atom stereocenters. The van der Waals surface area contributed by atoms with Crippen molar-refractivity contribution in [2.24, 2.45) is 0 Å². The molecule has 104 valence electrons. The van der Waals surface area contributed by atoms with Crippen LogP contribution in [-0.4, -0.2) is 52.5 Å². The first-order valence-electron chi connectivity index (χ1n) is 6.20. The molecule has 1 unspecified atom stereocenters. The number of carbonyl (C=O) groups excluding carboxylic acids is 1. The first kappa shape index (κ1) is 14.0. The summed E-state index contributed by atoms with van der Waals surface area (Å²) in [6.07, 6.45) is 0.660. The molecule has 7 heteroatoms. The van der Waals surface area contributed by atoms with Crippen molar-refractivity contribution >= 4 is 23.2 Å². The Hall–Kier alpha value is -1.47. The second kappa shape index (κ2) is 6.12. The van der Waals surface area contributed by atoms with E-state index in [1.807, 2.05) is 17.3 Å². The van der Waals surface area contributed by atoms with Crippen LogP contribution in [0, 0.1) is 6.92 Å². The number of hydrogen-bond donors (Lipinski definition) is 2. The molecule has 2 heterocycles. The Labute approximate surface area is 115 Å². The van der Waals surface area contributed by atoms with E-state index < -0.39 is 12.0 Å². The molecule has 1 aromatic heterocycles. The monoisotopic (exact) mass is 283 g/mol. The lowest BCUT2D eigenvalue weighted by Gasteiger charge is -2.34. The van der Waals surface area contributed by atoms with Crippen LogP contribution < -0.4 is 5.32 Å². The van der Waals surface area contributed by atoms with Crippen molar-refractivity contribution in [2.45, 2.75) is 25.8 Å². The number of amides is 1. The van der Waals surface area contributed by atoms with Crippen LogP contribution in [-0.2, 0) is 16.0 Å². The van der Waals surface area contributed by atoms with E-state index in [2.05, 4.69) is 10.3 Å². The second-order valence-electron chi connectivity index (χ2n) is 4.55. The Bertz CT molecular complexity index is 475. The SMILES string of the molecule is Cc1ncsc1CCN1CCNC(=O)C1CC(=O)O. The standard InChI is InChI=1S/C12H17N3O3S/c1-8-10(19-7-14-8)2-4-15-5-3-13-12(18)9(15)6-11(16)17/h7,9H,2-6H2,1H3,(H,13,18)(H,16,17). The molecule has 6 nitrogen and oxygen atoms in total. The molecule has 0 bridgehead atoms. The summed E-state index contributed by atoms with van der Waals surface area (Å²) in [5.41, 5.74) is 2.82. The highest BCUT2D eigenvalue weighted by Gasteiger charge is 2.31. The quantitative estimate of drug-likeness (QED) is 0.810. The van der Waals surface area contributed by atoms with Crippen molar-refractivity contribution in [3.05, 3.63) is 16.1 Å². The normalized spacial score (nSPS) is 20.3. The summed E-state index contributed by atoms with van der Waals surface area (Å²) < 4.78 is 0. The number of aryl methyl sites for hydroxylation is 1. The number of carbonyl (C=O) groups is 2. The zero-order valence-corrected chi connectivity index (χ0v) is 11.6. The minimum Gasteiger partial charge on any atom is -0.481 e. The molecule has 2 N–H and O–H groups in total. The Morgan fingerprint density at radius 1 is 1.68 bits per heavy atom. The number of carboxylic acids is 1. The zero-order chi connectivity index (χ0) is 13.8. The van der Waals surface area contributed by atoms with Gasteiger partial charge in [0.05, 0.1) is 23.7 Å². The molecule has 1 fully saturated rings. The smallest absolute Gasteiger partial charge is 0.305 e. The number of nitrogens with zero attached hydrogens (tertiary/aromatic N) is 2. The molecule has 1 aliphatic heterocycles. The van der Waals surface area contributed by atoms with Crippen molar-refractivity contribution in [3.8, 4) is 0 Å². The lowest BCUT2D eigenvalue weighted by molar-refractivity contribution is -0.143. The van der Waals surface area contributed by atoms with Crippen LogP contribution in [0.25, 0.3) is 0 Å². The van der Waals surface area contributed by atoms with Crippen LogP contribution in [0.1, 0.15) is 17.0 Å². The molecule has 0 radical (unpaired) electrons. The largest absolute Gasteiger partial charge is 0.481 e. The summed E-state index contributed by atoms with van der Waals surface area (Å²) in [4.78, 5) is 29.9. The predicted octanol–water partition coefficient (Wildman–Crippen LogP) is 0.269. The molecular weight excluding hydrogens is 266 g/mol. The van der Waals surface area contributed by atoms with Crippen molar-refractivity contribution in [1.82, 2.24) is 15.2 Å². The molecule has 0 saturated carbocycles. The minimum atomic E-state index is -0.943. The molecule has 1 saturated heterocycles. The van der Waals surface area contributed by atoms with E-state index >= 15 is 0 Å². The highest BCUT2D eigenvalue weighted by Crippen LogP contribution is 2.15. The van der Waals surface area contributed by atoms with Gasteiger partial charge in [-0.3, -0.25) is 14.5 Å². The number of rotatable bonds is 5. The minimum absolute atomic E-state index is 0.145. The number of thiazole rings is 1. The number of aliphatic carboxylic acids is 1. The van der Waals surface area contributed by atoms with Gasteiger partial charge in [-0.2, -0.15) is 0 Å². The fraction of sp³-hybridized carbons (Fsp3) is 0.583. The first-order valence-corrected chi connectivity index (χ1v) is 7.08. The molecule has 1 aliphatic rings. The maximum atomic E-state index is 11.7. The second-order valence-corrected chi connectivity index (χ2v) is 5.49. The van der Waals surface area contributed by atoms with E-state index in [-0.39, 0.29) is 12.3 Å². The summed E-state index contributed by atoms with van der Waals surface area (Å²) in [6.45, 7) is 3.93. The Morgan fingerprint density at radius 3 is 3.11 bits per heavy atom.